The number of benzene rings is 1. The van der Waals surface area contributed by atoms with Crippen LogP contribution >= 0.6 is 0 Å². The maximum Gasteiger partial charge on any atom is 0.346 e. The van der Waals surface area contributed by atoms with Gasteiger partial charge in [0, 0.05) is 0 Å². The summed E-state index contributed by atoms with van der Waals surface area (Å²) in [6, 6.07) is 3.89. The van der Waals surface area contributed by atoms with Crippen LogP contribution < -0.4 is 5.63 Å². The molecule has 1 aromatic carbocycles. The van der Waals surface area contributed by atoms with E-state index >= 15 is 0 Å². The maximum atomic E-state index is 11.3. The first-order chi connectivity index (χ1) is 7.52. The van der Waals surface area contributed by atoms with Crippen LogP contribution in [0.3, 0.4) is 0 Å². The number of hydrogen-bond acceptors (Lipinski definition) is 5. The first-order valence-corrected chi connectivity index (χ1v) is 4.23. The van der Waals surface area contributed by atoms with E-state index in [2.05, 4.69) is 4.42 Å². The van der Waals surface area contributed by atoms with Crippen LogP contribution in [0.2, 0.25) is 0 Å². The lowest BCUT2D eigenvalue weighted by molar-refractivity contribution is 0.0690. The minimum atomic E-state index is -1.49. The molecule has 6 nitrogen and oxygen atoms in total. The second kappa shape index (κ2) is 3.27. The molecular weight excluding hydrogens is 216 g/mol. The molecule has 0 unspecified atom stereocenters. The average Bonchev–Trinajstić information content (AvgIpc) is 2.19. The highest BCUT2D eigenvalue weighted by atomic mass is 16.5. The number of carboxylic acid groups (broad SMARTS) is 1. The summed E-state index contributed by atoms with van der Waals surface area (Å²) in [6.07, 6.45) is 0. The lowest BCUT2D eigenvalue weighted by atomic mass is 10.1. The van der Waals surface area contributed by atoms with Crippen LogP contribution in [0.5, 0.6) is 11.7 Å². The minimum absolute atomic E-state index is 0.102. The zero-order chi connectivity index (χ0) is 11.9. The maximum absolute atomic E-state index is 11.3. The molecule has 0 aliphatic heterocycles. The van der Waals surface area contributed by atoms with Gasteiger partial charge in [0.05, 0.1) is 10.8 Å². The molecule has 0 fully saturated rings. The van der Waals surface area contributed by atoms with E-state index in [1.165, 1.54) is 18.2 Å². The van der Waals surface area contributed by atoms with E-state index in [-0.39, 0.29) is 10.8 Å². The van der Waals surface area contributed by atoms with Gasteiger partial charge in [-0.25, -0.2) is 9.59 Å². The first-order valence-electron chi connectivity index (χ1n) is 4.23. The van der Waals surface area contributed by atoms with E-state index in [1.807, 2.05) is 0 Å². The van der Waals surface area contributed by atoms with Crippen molar-refractivity contribution in [1.82, 2.24) is 0 Å². The SMILES string of the molecule is O=C(O)c1c(O)oc(=O)c2cccc(O)c12. The highest BCUT2D eigenvalue weighted by Gasteiger charge is 2.21. The molecule has 0 saturated heterocycles. The number of carboxylic acids is 1. The number of aromatic hydroxyl groups is 2. The molecule has 82 valence electrons. The molecule has 6 heteroatoms. The van der Waals surface area contributed by atoms with Crippen molar-refractivity contribution in [3.05, 3.63) is 34.2 Å². The zero-order valence-corrected chi connectivity index (χ0v) is 7.80. The number of aromatic carboxylic acids is 1. The molecule has 0 atom stereocenters. The van der Waals surface area contributed by atoms with Crippen LogP contribution in [0.4, 0.5) is 0 Å². The van der Waals surface area contributed by atoms with Crippen molar-refractivity contribution < 1.29 is 24.5 Å². The highest BCUT2D eigenvalue weighted by Crippen LogP contribution is 2.30. The van der Waals surface area contributed by atoms with E-state index < -0.39 is 28.9 Å². The van der Waals surface area contributed by atoms with Gasteiger partial charge in [-0.2, -0.15) is 0 Å². The summed E-state index contributed by atoms with van der Waals surface area (Å²) in [5.41, 5.74) is -1.54. The zero-order valence-electron chi connectivity index (χ0n) is 7.80. The summed E-state index contributed by atoms with van der Waals surface area (Å²) in [5.74, 6) is -2.92. The van der Waals surface area contributed by atoms with Gasteiger partial charge in [0.1, 0.15) is 5.75 Å². The monoisotopic (exact) mass is 222 g/mol. The van der Waals surface area contributed by atoms with Crippen molar-refractivity contribution in [3.8, 4) is 11.7 Å². The highest BCUT2D eigenvalue weighted by molar-refractivity contribution is 6.07. The predicted molar refractivity (Wildman–Crippen MR) is 52.8 cm³/mol. The van der Waals surface area contributed by atoms with Crippen LogP contribution in [0.25, 0.3) is 10.8 Å². The fourth-order valence-corrected chi connectivity index (χ4v) is 1.47. The number of phenolic OH excluding ortho intramolecular Hbond substituents is 1. The van der Waals surface area contributed by atoms with Gasteiger partial charge in [-0.15, -0.1) is 0 Å². The van der Waals surface area contributed by atoms with E-state index in [4.69, 9.17) is 5.11 Å². The van der Waals surface area contributed by atoms with E-state index in [1.54, 1.807) is 0 Å². The summed E-state index contributed by atoms with van der Waals surface area (Å²) in [5, 5.41) is 27.2. The van der Waals surface area contributed by atoms with E-state index in [9.17, 15) is 19.8 Å². The third kappa shape index (κ3) is 1.28. The molecule has 0 aliphatic rings. The van der Waals surface area contributed by atoms with E-state index in [0.29, 0.717) is 0 Å². The summed E-state index contributed by atoms with van der Waals surface area (Å²) >= 11 is 0. The lowest BCUT2D eigenvalue weighted by Crippen LogP contribution is -2.06. The average molecular weight is 222 g/mol. The van der Waals surface area contributed by atoms with Crippen molar-refractivity contribution in [2.24, 2.45) is 0 Å². The third-order valence-electron chi connectivity index (χ3n) is 2.13. The Hall–Kier alpha value is -2.50. The van der Waals surface area contributed by atoms with Crippen LogP contribution in [-0.2, 0) is 0 Å². The molecule has 1 heterocycles. The molecule has 2 rings (SSSR count). The van der Waals surface area contributed by atoms with Gasteiger partial charge >= 0.3 is 17.5 Å². The van der Waals surface area contributed by atoms with Crippen LogP contribution in [0, 0.1) is 0 Å². The Labute approximate surface area is 88.0 Å². The lowest BCUT2D eigenvalue weighted by Gasteiger charge is -2.04. The molecule has 1 aromatic heterocycles. The van der Waals surface area contributed by atoms with Gasteiger partial charge < -0.3 is 19.7 Å². The van der Waals surface area contributed by atoms with Crippen LogP contribution in [0.1, 0.15) is 10.4 Å². The van der Waals surface area contributed by atoms with Crippen molar-refractivity contribution in [2.75, 3.05) is 0 Å². The minimum Gasteiger partial charge on any atom is -0.507 e. The normalized spacial score (nSPS) is 10.5. The number of hydrogen-bond donors (Lipinski definition) is 3. The Balaban J connectivity index is 3.10. The van der Waals surface area contributed by atoms with Crippen molar-refractivity contribution in [1.29, 1.82) is 0 Å². The summed E-state index contributed by atoms with van der Waals surface area (Å²) < 4.78 is 4.35. The van der Waals surface area contributed by atoms with Crippen LogP contribution in [0.15, 0.2) is 27.4 Å². The molecule has 0 saturated carbocycles. The van der Waals surface area contributed by atoms with Crippen molar-refractivity contribution in [2.45, 2.75) is 0 Å². The molecule has 3 N–H and O–H groups in total. The van der Waals surface area contributed by atoms with Gasteiger partial charge in [0.25, 0.3) is 0 Å². The number of rotatable bonds is 1. The number of carbonyl (C=O) groups is 1. The van der Waals surface area contributed by atoms with Gasteiger partial charge in [-0.05, 0) is 12.1 Å². The largest absolute Gasteiger partial charge is 0.507 e. The smallest absolute Gasteiger partial charge is 0.346 e. The second-order valence-electron chi connectivity index (χ2n) is 3.07. The fraction of sp³-hybridized carbons (Fsp3) is 0. The third-order valence-corrected chi connectivity index (χ3v) is 2.13. The second-order valence-corrected chi connectivity index (χ2v) is 3.07. The Kier molecular flexibility index (Phi) is 2.05. The number of phenols is 1. The molecule has 0 spiro atoms. The summed E-state index contributed by atoms with van der Waals surface area (Å²) in [4.78, 5) is 22.2. The standard InChI is InChI=1S/C10H6O6/c11-5-3-1-2-4-6(5)7(8(12)13)10(15)16-9(4)14/h1-3,11,15H,(H,12,13). The van der Waals surface area contributed by atoms with Gasteiger partial charge in [-0.3, -0.25) is 0 Å². The quantitative estimate of drug-likeness (QED) is 0.661. The molecule has 0 bridgehead atoms. The fourth-order valence-electron chi connectivity index (χ4n) is 1.47. The molecule has 2 aromatic rings. The van der Waals surface area contributed by atoms with Gasteiger partial charge in [-0.1, -0.05) is 6.07 Å². The predicted octanol–water partition coefficient (Wildman–Crippen LogP) is 0.902. The summed E-state index contributed by atoms with van der Waals surface area (Å²) in [6.45, 7) is 0. The molecule has 0 aliphatic carbocycles. The Morgan fingerprint density at radius 3 is 2.56 bits per heavy atom. The molecule has 0 radical (unpaired) electrons. The van der Waals surface area contributed by atoms with Crippen molar-refractivity contribution in [3.63, 3.8) is 0 Å². The van der Waals surface area contributed by atoms with Gasteiger partial charge in [0.2, 0.25) is 0 Å². The Bertz CT molecular complexity index is 640. The van der Waals surface area contributed by atoms with Gasteiger partial charge in [0.15, 0.2) is 5.56 Å². The number of fused-ring (bicyclic) bond motifs is 1. The van der Waals surface area contributed by atoms with Crippen LogP contribution in [-0.4, -0.2) is 21.3 Å². The topological polar surface area (TPSA) is 108 Å². The Morgan fingerprint density at radius 1 is 1.25 bits per heavy atom. The first kappa shape index (κ1) is 10.0. The van der Waals surface area contributed by atoms with Crippen molar-refractivity contribution >= 4 is 16.7 Å². The molecule has 16 heavy (non-hydrogen) atoms. The Morgan fingerprint density at radius 2 is 1.94 bits per heavy atom. The summed E-state index contributed by atoms with van der Waals surface area (Å²) in [7, 11) is 0. The van der Waals surface area contributed by atoms with E-state index in [0.717, 1.165) is 0 Å². The molecule has 0 amide bonds. The molecular formula is C10H6O6.